The van der Waals surface area contributed by atoms with Crippen LogP contribution in [0.5, 0.6) is 23.0 Å². The van der Waals surface area contributed by atoms with Gasteiger partial charge in [0, 0.05) is 24.5 Å². The average molecular weight is 448 g/mol. The molecule has 0 atom stereocenters. The van der Waals surface area contributed by atoms with Gasteiger partial charge in [0.2, 0.25) is 13.6 Å². The highest BCUT2D eigenvalue weighted by Gasteiger charge is 2.26. The fourth-order valence-electron chi connectivity index (χ4n) is 3.80. The predicted molar refractivity (Wildman–Crippen MR) is 114 cm³/mol. The zero-order valence-electron chi connectivity index (χ0n) is 17.8. The second kappa shape index (κ2) is 8.70. The quantitative estimate of drug-likeness (QED) is 0.531. The second-order valence-electron chi connectivity index (χ2n) is 7.41. The Labute approximate surface area is 189 Å². The van der Waals surface area contributed by atoms with Crippen LogP contribution in [0.1, 0.15) is 31.8 Å². The van der Waals surface area contributed by atoms with Crippen molar-refractivity contribution in [1.82, 2.24) is 9.88 Å². The standard InChI is InChI=1S/C24H20N2O7/c1-29-24(28)17-7-8-25-10-18(17)23(27)26(11-15-5-6-19-21(9-15)32-13-30-19)12-16-3-2-4-20-22(16)33-14-31-20/h2-10H,11-14H2,1H3. The monoisotopic (exact) mass is 448 g/mol. The maximum absolute atomic E-state index is 13.7. The third kappa shape index (κ3) is 4.00. The molecule has 3 heterocycles. The molecule has 5 rings (SSSR count). The number of fused-ring (bicyclic) bond motifs is 2. The number of esters is 1. The molecule has 0 saturated heterocycles. The normalized spacial score (nSPS) is 13.0. The van der Waals surface area contributed by atoms with E-state index in [9.17, 15) is 9.59 Å². The molecule has 168 valence electrons. The van der Waals surface area contributed by atoms with E-state index in [1.54, 1.807) is 11.0 Å². The first kappa shape index (κ1) is 20.6. The summed E-state index contributed by atoms with van der Waals surface area (Å²) in [6.07, 6.45) is 2.82. The minimum atomic E-state index is -0.610. The molecule has 0 fully saturated rings. The summed E-state index contributed by atoms with van der Waals surface area (Å²) in [6.45, 7) is 0.746. The van der Waals surface area contributed by atoms with Crippen molar-refractivity contribution in [2.75, 3.05) is 20.7 Å². The minimum Gasteiger partial charge on any atom is -0.465 e. The Kier molecular flexibility index (Phi) is 5.43. The van der Waals surface area contributed by atoms with E-state index in [1.807, 2.05) is 30.3 Å². The molecule has 3 aromatic rings. The van der Waals surface area contributed by atoms with Crippen LogP contribution < -0.4 is 18.9 Å². The zero-order chi connectivity index (χ0) is 22.8. The molecule has 33 heavy (non-hydrogen) atoms. The van der Waals surface area contributed by atoms with Crippen molar-refractivity contribution in [3.63, 3.8) is 0 Å². The highest BCUT2D eigenvalue weighted by atomic mass is 16.7. The van der Waals surface area contributed by atoms with Gasteiger partial charge in [0.1, 0.15) is 0 Å². The lowest BCUT2D eigenvalue weighted by atomic mass is 10.1. The molecule has 2 aliphatic rings. The van der Waals surface area contributed by atoms with Crippen molar-refractivity contribution in [3.05, 3.63) is 77.1 Å². The first-order valence-electron chi connectivity index (χ1n) is 10.2. The van der Waals surface area contributed by atoms with Gasteiger partial charge in [-0.3, -0.25) is 9.78 Å². The lowest BCUT2D eigenvalue weighted by Gasteiger charge is -2.24. The predicted octanol–water partition coefficient (Wildman–Crippen LogP) is 3.17. The summed E-state index contributed by atoms with van der Waals surface area (Å²) in [5, 5.41) is 0. The number of amides is 1. The molecular formula is C24H20N2O7. The van der Waals surface area contributed by atoms with Gasteiger partial charge in [0.25, 0.3) is 5.91 Å². The number of hydrogen-bond acceptors (Lipinski definition) is 8. The van der Waals surface area contributed by atoms with Gasteiger partial charge in [-0.25, -0.2) is 4.79 Å². The smallest absolute Gasteiger partial charge is 0.338 e. The van der Waals surface area contributed by atoms with E-state index < -0.39 is 5.97 Å². The van der Waals surface area contributed by atoms with Crippen LogP contribution in [0.2, 0.25) is 0 Å². The van der Waals surface area contributed by atoms with Crippen molar-refractivity contribution in [2.45, 2.75) is 13.1 Å². The molecule has 0 radical (unpaired) electrons. The van der Waals surface area contributed by atoms with Crippen molar-refractivity contribution < 1.29 is 33.3 Å². The summed E-state index contributed by atoms with van der Waals surface area (Å²) in [4.78, 5) is 31.6. The fourth-order valence-corrected chi connectivity index (χ4v) is 3.80. The molecule has 9 heteroatoms. The van der Waals surface area contributed by atoms with E-state index >= 15 is 0 Å². The van der Waals surface area contributed by atoms with E-state index in [4.69, 9.17) is 23.7 Å². The van der Waals surface area contributed by atoms with Crippen LogP contribution in [-0.2, 0) is 17.8 Å². The largest absolute Gasteiger partial charge is 0.465 e. The molecule has 9 nitrogen and oxygen atoms in total. The number of para-hydroxylation sites is 1. The molecule has 0 aliphatic carbocycles. The number of aromatic nitrogens is 1. The van der Waals surface area contributed by atoms with E-state index in [0.29, 0.717) is 23.0 Å². The van der Waals surface area contributed by atoms with Crippen molar-refractivity contribution >= 4 is 11.9 Å². The van der Waals surface area contributed by atoms with Crippen LogP contribution in [0.4, 0.5) is 0 Å². The summed E-state index contributed by atoms with van der Waals surface area (Å²) >= 11 is 0. The molecule has 0 N–H and O–H groups in total. The lowest BCUT2D eigenvalue weighted by Crippen LogP contribution is -2.31. The second-order valence-corrected chi connectivity index (χ2v) is 7.41. The number of benzene rings is 2. The van der Waals surface area contributed by atoms with E-state index in [0.717, 1.165) is 11.1 Å². The maximum atomic E-state index is 13.7. The van der Waals surface area contributed by atoms with E-state index in [-0.39, 0.29) is 43.7 Å². The zero-order valence-corrected chi connectivity index (χ0v) is 17.8. The molecule has 0 saturated carbocycles. The fraction of sp³-hybridized carbons (Fsp3) is 0.208. The third-order valence-corrected chi connectivity index (χ3v) is 5.39. The number of hydrogen-bond donors (Lipinski definition) is 0. The molecule has 1 aromatic heterocycles. The van der Waals surface area contributed by atoms with Gasteiger partial charge in [0.15, 0.2) is 23.0 Å². The van der Waals surface area contributed by atoms with Crippen LogP contribution >= 0.6 is 0 Å². The Balaban J connectivity index is 1.51. The number of carbonyl (C=O) groups excluding carboxylic acids is 2. The number of carbonyl (C=O) groups is 2. The average Bonchev–Trinajstić information content (AvgIpc) is 3.52. The Morgan fingerprint density at radius 1 is 0.939 bits per heavy atom. The Hall–Kier alpha value is -4.27. The number of pyridine rings is 1. The van der Waals surface area contributed by atoms with Crippen LogP contribution in [-0.4, -0.2) is 42.5 Å². The molecule has 2 aromatic carbocycles. The maximum Gasteiger partial charge on any atom is 0.338 e. The molecule has 0 spiro atoms. The lowest BCUT2D eigenvalue weighted by molar-refractivity contribution is 0.0587. The van der Waals surface area contributed by atoms with Gasteiger partial charge in [-0.2, -0.15) is 0 Å². The SMILES string of the molecule is COC(=O)c1ccncc1C(=O)N(Cc1ccc2c(c1)OCO2)Cc1cccc2c1OCO2. The van der Waals surface area contributed by atoms with E-state index in [1.165, 1.54) is 25.6 Å². The number of methoxy groups -OCH3 is 1. The van der Waals surface area contributed by atoms with Crippen LogP contribution in [0.3, 0.4) is 0 Å². The minimum absolute atomic E-state index is 0.123. The van der Waals surface area contributed by atoms with Crippen molar-refractivity contribution in [1.29, 1.82) is 0 Å². The highest BCUT2D eigenvalue weighted by Crippen LogP contribution is 2.37. The van der Waals surface area contributed by atoms with Crippen LogP contribution in [0, 0.1) is 0 Å². The van der Waals surface area contributed by atoms with E-state index in [2.05, 4.69) is 4.98 Å². The van der Waals surface area contributed by atoms with Gasteiger partial charge in [-0.05, 0) is 29.8 Å². The Morgan fingerprint density at radius 2 is 1.76 bits per heavy atom. The molecule has 0 bridgehead atoms. The van der Waals surface area contributed by atoms with Crippen LogP contribution in [0.15, 0.2) is 54.9 Å². The van der Waals surface area contributed by atoms with Crippen molar-refractivity contribution in [2.24, 2.45) is 0 Å². The molecule has 0 unspecified atom stereocenters. The number of rotatable bonds is 6. The van der Waals surface area contributed by atoms with Gasteiger partial charge in [0.05, 0.1) is 24.8 Å². The van der Waals surface area contributed by atoms with Gasteiger partial charge in [-0.1, -0.05) is 18.2 Å². The third-order valence-electron chi connectivity index (χ3n) is 5.39. The summed E-state index contributed by atoms with van der Waals surface area (Å²) < 4.78 is 26.8. The first-order chi connectivity index (χ1) is 16.1. The number of nitrogens with zero attached hydrogens (tertiary/aromatic N) is 2. The summed E-state index contributed by atoms with van der Waals surface area (Å²) in [7, 11) is 1.27. The van der Waals surface area contributed by atoms with Gasteiger partial charge in [-0.15, -0.1) is 0 Å². The summed E-state index contributed by atoms with van der Waals surface area (Å²) in [6, 6.07) is 12.5. The first-order valence-corrected chi connectivity index (χ1v) is 10.2. The summed E-state index contributed by atoms with van der Waals surface area (Å²) in [5.74, 6) is 1.51. The molecular weight excluding hydrogens is 428 g/mol. The number of ether oxygens (including phenoxy) is 5. The summed E-state index contributed by atoms with van der Waals surface area (Å²) in [5.41, 5.74) is 1.91. The Morgan fingerprint density at radius 3 is 2.64 bits per heavy atom. The molecule has 1 amide bonds. The van der Waals surface area contributed by atoms with Crippen molar-refractivity contribution in [3.8, 4) is 23.0 Å². The Bertz CT molecular complexity index is 1230. The topological polar surface area (TPSA) is 96.4 Å². The van der Waals surface area contributed by atoms with Gasteiger partial charge < -0.3 is 28.6 Å². The van der Waals surface area contributed by atoms with Crippen LogP contribution in [0.25, 0.3) is 0 Å². The molecule has 2 aliphatic heterocycles. The van der Waals surface area contributed by atoms with Gasteiger partial charge >= 0.3 is 5.97 Å². The highest BCUT2D eigenvalue weighted by molar-refractivity contribution is 6.05.